The normalized spacial score (nSPS) is 13.9. The van der Waals surface area contributed by atoms with Crippen LogP contribution < -0.4 is 15.2 Å². The molecule has 0 N–H and O–H groups in total. The second-order valence-electron chi connectivity index (χ2n) is 8.76. The van der Waals surface area contributed by atoms with Crippen LogP contribution in [0.25, 0.3) is 21.3 Å². The molecule has 8 heteroatoms. The summed E-state index contributed by atoms with van der Waals surface area (Å²) in [4.78, 5) is 35.6. The Morgan fingerprint density at radius 2 is 1.86 bits per heavy atom. The first kappa shape index (κ1) is 23.1. The van der Waals surface area contributed by atoms with Crippen molar-refractivity contribution in [2.75, 3.05) is 38.2 Å². The van der Waals surface area contributed by atoms with Gasteiger partial charge in [-0.2, -0.15) is 0 Å². The summed E-state index contributed by atoms with van der Waals surface area (Å²) in [6, 6.07) is 16.1. The van der Waals surface area contributed by atoms with Gasteiger partial charge in [-0.3, -0.25) is 14.2 Å². The number of carbonyl (C=O) groups is 1. The Labute approximate surface area is 208 Å². The van der Waals surface area contributed by atoms with Crippen LogP contribution in [0.15, 0.2) is 65.0 Å². The van der Waals surface area contributed by atoms with Crippen molar-refractivity contribution in [2.45, 2.75) is 19.9 Å². The Hall–Kier alpha value is -3.65. The number of benzene rings is 2. The van der Waals surface area contributed by atoms with Crippen molar-refractivity contribution in [2.24, 2.45) is 0 Å². The van der Waals surface area contributed by atoms with Gasteiger partial charge in [0.05, 0.1) is 18.8 Å². The second-order valence-corrected chi connectivity index (χ2v) is 9.62. The lowest BCUT2D eigenvalue weighted by molar-refractivity contribution is -0.131. The summed E-state index contributed by atoms with van der Waals surface area (Å²) >= 11 is 1.47. The third-order valence-corrected chi connectivity index (χ3v) is 7.43. The van der Waals surface area contributed by atoms with Crippen LogP contribution in [-0.4, -0.2) is 53.6 Å². The van der Waals surface area contributed by atoms with Crippen molar-refractivity contribution in [3.63, 3.8) is 0 Å². The lowest BCUT2D eigenvalue weighted by atomic mass is 10.1. The van der Waals surface area contributed by atoms with Crippen LogP contribution in [0.5, 0.6) is 5.75 Å². The van der Waals surface area contributed by atoms with Gasteiger partial charge in [0.25, 0.3) is 5.56 Å². The Kier molecular flexibility index (Phi) is 6.55. The molecule has 35 heavy (non-hydrogen) atoms. The highest BCUT2D eigenvalue weighted by Crippen LogP contribution is 2.30. The van der Waals surface area contributed by atoms with Crippen LogP contribution in [0, 0.1) is 6.92 Å². The van der Waals surface area contributed by atoms with E-state index in [-0.39, 0.29) is 17.9 Å². The van der Waals surface area contributed by atoms with Crippen LogP contribution in [0.2, 0.25) is 0 Å². The predicted octanol–water partition coefficient (Wildman–Crippen LogP) is 4.18. The van der Waals surface area contributed by atoms with Crippen molar-refractivity contribution in [3.8, 4) is 16.9 Å². The molecule has 0 atom stereocenters. The summed E-state index contributed by atoms with van der Waals surface area (Å²) < 4.78 is 6.89. The van der Waals surface area contributed by atoms with E-state index in [1.54, 1.807) is 18.0 Å². The van der Waals surface area contributed by atoms with E-state index in [2.05, 4.69) is 16.0 Å². The molecule has 0 saturated carbocycles. The Bertz CT molecular complexity index is 1400. The summed E-state index contributed by atoms with van der Waals surface area (Å²) in [5.41, 5.74) is 4.08. The van der Waals surface area contributed by atoms with E-state index in [0.717, 1.165) is 40.5 Å². The number of methoxy groups -OCH3 is 1. The number of amides is 1. The fourth-order valence-electron chi connectivity index (χ4n) is 4.47. The Morgan fingerprint density at radius 3 is 2.60 bits per heavy atom. The van der Waals surface area contributed by atoms with Crippen LogP contribution >= 0.6 is 11.3 Å². The number of hydrogen-bond acceptors (Lipinski definition) is 6. The minimum Gasteiger partial charge on any atom is -0.497 e. The molecule has 0 spiro atoms. The first-order valence-electron chi connectivity index (χ1n) is 11.7. The van der Waals surface area contributed by atoms with Crippen LogP contribution in [-0.2, 0) is 11.3 Å². The zero-order valence-electron chi connectivity index (χ0n) is 19.9. The molecule has 1 aliphatic heterocycles. The number of hydrogen-bond donors (Lipinski definition) is 0. The molecule has 1 saturated heterocycles. The lowest BCUT2D eigenvalue weighted by Gasteiger charge is -2.36. The van der Waals surface area contributed by atoms with Gasteiger partial charge in [-0.15, -0.1) is 11.3 Å². The molecule has 2 aromatic heterocycles. The maximum absolute atomic E-state index is 13.3. The highest BCUT2D eigenvalue weighted by Gasteiger charge is 2.22. The number of rotatable bonds is 6. The summed E-state index contributed by atoms with van der Waals surface area (Å²) in [5.74, 6) is 0.888. The van der Waals surface area contributed by atoms with Crippen LogP contribution in [0.4, 0.5) is 5.69 Å². The van der Waals surface area contributed by atoms with E-state index >= 15 is 0 Å². The number of carbonyl (C=O) groups excluding carboxylic acids is 1. The molecule has 0 unspecified atom stereocenters. The predicted molar refractivity (Wildman–Crippen MR) is 140 cm³/mol. The highest BCUT2D eigenvalue weighted by molar-refractivity contribution is 7.17. The summed E-state index contributed by atoms with van der Waals surface area (Å²) in [6.07, 6.45) is 1.84. The molecule has 0 bridgehead atoms. The fourth-order valence-corrected chi connectivity index (χ4v) is 5.37. The maximum Gasteiger partial charge on any atom is 0.262 e. The van der Waals surface area contributed by atoms with E-state index in [4.69, 9.17) is 4.74 Å². The van der Waals surface area contributed by atoms with E-state index in [0.29, 0.717) is 25.0 Å². The van der Waals surface area contributed by atoms with Crippen molar-refractivity contribution in [1.29, 1.82) is 0 Å². The molecule has 2 aromatic carbocycles. The van der Waals surface area contributed by atoms with Crippen LogP contribution in [0.3, 0.4) is 0 Å². The van der Waals surface area contributed by atoms with E-state index in [1.807, 2.05) is 59.7 Å². The van der Waals surface area contributed by atoms with Gasteiger partial charge in [0.1, 0.15) is 10.6 Å². The number of fused-ring (bicyclic) bond motifs is 1. The van der Waals surface area contributed by atoms with Gasteiger partial charge >= 0.3 is 0 Å². The maximum atomic E-state index is 13.3. The molecule has 4 aromatic rings. The average Bonchev–Trinajstić information content (AvgIpc) is 3.34. The van der Waals surface area contributed by atoms with Gasteiger partial charge in [-0.1, -0.05) is 35.9 Å². The summed E-state index contributed by atoms with van der Waals surface area (Å²) in [5, 5.41) is 2.61. The van der Waals surface area contributed by atoms with Crippen molar-refractivity contribution in [1.82, 2.24) is 14.5 Å². The smallest absolute Gasteiger partial charge is 0.262 e. The van der Waals surface area contributed by atoms with Crippen molar-refractivity contribution in [3.05, 3.63) is 76.2 Å². The number of ether oxygens (including phenoxy) is 1. The monoisotopic (exact) mass is 488 g/mol. The number of nitrogens with zero attached hydrogens (tertiary/aromatic N) is 4. The van der Waals surface area contributed by atoms with Gasteiger partial charge in [-0.05, 0) is 24.6 Å². The van der Waals surface area contributed by atoms with Crippen molar-refractivity contribution >= 4 is 33.1 Å². The highest BCUT2D eigenvalue weighted by atomic mass is 32.1. The van der Waals surface area contributed by atoms with E-state index in [1.165, 1.54) is 16.9 Å². The summed E-state index contributed by atoms with van der Waals surface area (Å²) in [6.45, 7) is 5.21. The number of aromatic nitrogens is 2. The quantitative estimate of drug-likeness (QED) is 0.407. The SMILES string of the molecule is COc1cccc(N2CCN(C(=O)CCn3cnc4scc(-c5ccc(C)cc5)c4c3=O)CC2)c1. The van der Waals surface area contributed by atoms with Gasteiger partial charge in [-0.25, -0.2) is 4.98 Å². The molecule has 7 nitrogen and oxygen atoms in total. The zero-order chi connectivity index (χ0) is 24.4. The number of aryl methyl sites for hydroxylation is 2. The zero-order valence-corrected chi connectivity index (χ0v) is 20.8. The molecule has 0 radical (unpaired) electrons. The molecule has 0 aliphatic carbocycles. The first-order valence-corrected chi connectivity index (χ1v) is 12.6. The lowest BCUT2D eigenvalue weighted by Crippen LogP contribution is -2.49. The molecular weight excluding hydrogens is 460 g/mol. The van der Waals surface area contributed by atoms with Gasteiger partial charge in [0.2, 0.25) is 5.91 Å². The third-order valence-electron chi connectivity index (χ3n) is 6.54. The van der Waals surface area contributed by atoms with Gasteiger partial charge in [0.15, 0.2) is 0 Å². The van der Waals surface area contributed by atoms with E-state index in [9.17, 15) is 9.59 Å². The molecule has 1 aliphatic rings. The average molecular weight is 489 g/mol. The first-order chi connectivity index (χ1) is 17.0. The second kappa shape index (κ2) is 9.92. The summed E-state index contributed by atoms with van der Waals surface area (Å²) in [7, 11) is 1.66. The number of piperazine rings is 1. The molecule has 5 rings (SSSR count). The third kappa shape index (κ3) is 4.79. The molecule has 180 valence electrons. The molecule has 1 amide bonds. The largest absolute Gasteiger partial charge is 0.497 e. The molecule has 1 fully saturated rings. The fraction of sp³-hybridized carbons (Fsp3) is 0.296. The Balaban J connectivity index is 1.24. The van der Waals surface area contributed by atoms with Gasteiger partial charge in [0, 0.05) is 61.8 Å². The minimum atomic E-state index is -0.0949. The van der Waals surface area contributed by atoms with Crippen molar-refractivity contribution < 1.29 is 9.53 Å². The number of thiophene rings is 1. The minimum absolute atomic E-state index is 0.0614. The topological polar surface area (TPSA) is 67.7 Å². The Morgan fingerprint density at radius 1 is 1.09 bits per heavy atom. The standard InChI is InChI=1S/C27H28N4O3S/c1-19-6-8-20(9-7-19)23-17-35-26-25(23)27(33)31(18-28-26)11-10-24(32)30-14-12-29(13-15-30)21-4-3-5-22(16-21)34-2/h3-9,16-18H,10-15H2,1-2H3. The molecular formula is C27H28N4O3S. The van der Waals surface area contributed by atoms with Crippen LogP contribution in [0.1, 0.15) is 12.0 Å². The van der Waals surface area contributed by atoms with E-state index < -0.39 is 0 Å². The molecule has 3 heterocycles. The number of anilines is 1. The van der Waals surface area contributed by atoms with Gasteiger partial charge < -0.3 is 14.5 Å².